The highest BCUT2D eigenvalue weighted by Crippen LogP contribution is 2.24. The number of aryl methyl sites for hydroxylation is 2. The molecule has 25 heavy (non-hydrogen) atoms. The zero-order valence-electron chi connectivity index (χ0n) is 14.5. The number of anilines is 1. The molecule has 0 aliphatic carbocycles. The Bertz CT molecular complexity index is 934. The van der Waals surface area contributed by atoms with Crippen molar-refractivity contribution in [1.82, 2.24) is 9.38 Å². The maximum atomic E-state index is 12.9. The Balaban J connectivity index is 2.02. The van der Waals surface area contributed by atoms with E-state index < -0.39 is 0 Å². The quantitative estimate of drug-likeness (QED) is 0.678. The molecule has 1 amide bonds. The molecule has 1 aromatic carbocycles. The fraction of sp³-hybridized carbons (Fsp3) is 0.263. The van der Waals surface area contributed by atoms with Crippen molar-refractivity contribution in [3.63, 3.8) is 0 Å². The van der Waals surface area contributed by atoms with Crippen LogP contribution in [-0.2, 0) is 6.42 Å². The van der Waals surface area contributed by atoms with E-state index in [1.165, 1.54) is 0 Å². The van der Waals surface area contributed by atoms with E-state index in [1.807, 2.05) is 57.3 Å². The van der Waals surface area contributed by atoms with Gasteiger partial charge in [0.05, 0.1) is 12.3 Å². The van der Waals surface area contributed by atoms with Gasteiger partial charge >= 0.3 is 0 Å². The van der Waals surface area contributed by atoms with Gasteiger partial charge in [-0.2, -0.15) is 0 Å². The number of nitrogens with zero attached hydrogens (tertiary/aromatic N) is 2. The highest BCUT2D eigenvalue weighted by atomic mass is 79.9. The normalized spacial score (nSPS) is 10.9. The first-order valence-corrected chi connectivity index (χ1v) is 9.04. The Morgan fingerprint density at radius 2 is 2.12 bits per heavy atom. The van der Waals surface area contributed by atoms with E-state index in [4.69, 9.17) is 4.74 Å². The van der Waals surface area contributed by atoms with Crippen LogP contribution < -0.4 is 10.1 Å². The van der Waals surface area contributed by atoms with E-state index in [0.29, 0.717) is 30.1 Å². The fourth-order valence-electron chi connectivity index (χ4n) is 2.76. The molecule has 5 nitrogen and oxygen atoms in total. The highest BCUT2D eigenvalue weighted by Gasteiger charge is 2.20. The molecule has 0 unspecified atom stereocenters. The highest BCUT2D eigenvalue weighted by molar-refractivity contribution is 9.10. The van der Waals surface area contributed by atoms with Gasteiger partial charge in [0.2, 0.25) is 0 Å². The van der Waals surface area contributed by atoms with E-state index in [2.05, 4.69) is 26.2 Å². The van der Waals surface area contributed by atoms with E-state index in [-0.39, 0.29) is 5.91 Å². The smallest absolute Gasteiger partial charge is 0.274 e. The molecule has 0 saturated carbocycles. The number of aromatic nitrogens is 2. The van der Waals surface area contributed by atoms with E-state index >= 15 is 0 Å². The lowest BCUT2D eigenvalue weighted by atomic mass is 10.2. The number of pyridine rings is 1. The van der Waals surface area contributed by atoms with Crippen molar-refractivity contribution in [2.24, 2.45) is 0 Å². The van der Waals surface area contributed by atoms with E-state index in [0.717, 1.165) is 21.4 Å². The second kappa shape index (κ2) is 7.27. The van der Waals surface area contributed by atoms with Gasteiger partial charge in [-0.25, -0.2) is 4.98 Å². The minimum absolute atomic E-state index is 0.181. The number of halogens is 1. The van der Waals surface area contributed by atoms with Crippen LogP contribution in [0.4, 0.5) is 5.69 Å². The topological polar surface area (TPSA) is 55.6 Å². The third-order valence-electron chi connectivity index (χ3n) is 3.95. The molecule has 3 rings (SSSR count). The lowest BCUT2D eigenvalue weighted by molar-refractivity contribution is 0.102. The van der Waals surface area contributed by atoms with Gasteiger partial charge in [0.1, 0.15) is 5.69 Å². The lowest BCUT2D eigenvalue weighted by Gasteiger charge is -2.09. The summed E-state index contributed by atoms with van der Waals surface area (Å²) in [4.78, 5) is 17.5. The molecule has 0 bridgehead atoms. The molecular weight excluding hydrogens is 382 g/mol. The predicted octanol–water partition coefficient (Wildman–Crippen LogP) is 4.62. The van der Waals surface area contributed by atoms with Crippen LogP contribution in [0.3, 0.4) is 0 Å². The average Bonchev–Trinajstić information content (AvgIpc) is 2.98. The maximum absolute atomic E-state index is 12.9. The minimum Gasteiger partial charge on any atom is -0.490 e. The first kappa shape index (κ1) is 17.5. The van der Waals surface area contributed by atoms with Crippen molar-refractivity contribution in [3.8, 4) is 5.75 Å². The van der Waals surface area contributed by atoms with Gasteiger partial charge in [-0.3, -0.25) is 9.20 Å². The minimum atomic E-state index is -0.181. The van der Waals surface area contributed by atoms with Crippen molar-refractivity contribution < 1.29 is 9.53 Å². The zero-order chi connectivity index (χ0) is 18.0. The van der Waals surface area contributed by atoms with Crippen LogP contribution in [0.25, 0.3) is 5.65 Å². The summed E-state index contributed by atoms with van der Waals surface area (Å²) in [6, 6.07) is 9.45. The van der Waals surface area contributed by atoms with E-state index in [1.54, 1.807) is 4.40 Å². The Kier molecular flexibility index (Phi) is 5.08. The van der Waals surface area contributed by atoms with Crippen LogP contribution >= 0.6 is 15.9 Å². The summed E-state index contributed by atoms with van der Waals surface area (Å²) in [5.41, 5.74) is 3.77. The van der Waals surface area contributed by atoms with Gasteiger partial charge in [0.15, 0.2) is 11.4 Å². The summed E-state index contributed by atoms with van der Waals surface area (Å²) in [6.07, 6.45) is 2.50. The fourth-order valence-corrected chi connectivity index (χ4v) is 3.00. The van der Waals surface area contributed by atoms with Crippen molar-refractivity contribution in [1.29, 1.82) is 0 Å². The number of hydrogen-bond acceptors (Lipinski definition) is 3. The predicted molar refractivity (Wildman–Crippen MR) is 103 cm³/mol. The number of nitrogens with one attached hydrogen (secondary N) is 1. The molecule has 130 valence electrons. The van der Waals surface area contributed by atoms with Gasteiger partial charge in [-0.15, -0.1) is 0 Å². The third-order valence-corrected chi connectivity index (χ3v) is 4.84. The molecule has 6 heteroatoms. The number of imidazole rings is 1. The molecule has 0 spiro atoms. The number of hydrogen-bond donors (Lipinski definition) is 1. The molecule has 2 aromatic heterocycles. The molecule has 3 aromatic rings. The van der Waals surface area contributed by atoms with Crippen molar-refractivity contribution >= 4 is 33.2 Å². The molecule has 0 aliphatic rings. The molecule has 0 saturated heterocycles. The second-order valence-electron chi connectivity index (χ2n) is 5.68. The summed E-state index contributed by atoms with van der Waals surface area (Å²) in [5, 5.41) is 2.97. The zero-order valence-corrected chi connectivity index (χ0v) is 16.1. The van der Waals surface area contributed by atoms with Gasteiger partial charge in [0.25, 0.3) is 5.91 Å². The standard InChI is InChI=1S/C19H20BrN3O2/c1-4-15-17(19(24)21-13-8-9-14(20)12(3)11-13)23-10-6-7-16(25-5-2)18(23)22-15/h6-11H,4-5H2,1-3H3,(H,21,24). The van der Waals surface area contributed by atoms with Gasteiger partial charge in [-0.1, -0.05) is 22.9 Å². The van der Waals surface area contributed by atoms with Crippen LogP contribution in [-0.4, -0.2) is 21.9 Å². The number of carbonyl (C=O) groups excluding carboxylic acids is 1. The van der Waals surface area contributed by atoms with Gasteiger partial charge in [-0.05, 0) is 56.2 Å². The second-order valence-corrected chi connectivity index (χ2v) is 6.53. The van der Waals surface area contributed by atoms with Crippen LogP contribution in [0.2, 0.25) is 0 Å². The summed E-state index contributed by atoms with van der Waals surface area (Å²) < 4.78 is 8.45. The van der Waals surface area contributed by atoms with E-state index in [9.17, 15) is 4.79 Å². The summed E-state index contributed by atoms with van der Waals surface area (Å²) in [5.74, 6) is 0.498. The summed E-state index contributed by atoms with van der Waals surface area (Å²) >= 11 is 3.47. The Morgan fingerprint density at radius 3 is 2.80 bits per heavy atom. The number of benzene rings is 1. The molecule has 2 heterocycles. The average molecular weight is 402 g/mol. The number of ether oxygens (including phenoxy) is 1. The molecule has 0 aliphatic heterocycles. The molecule has 0 radical (unpaired) electrons. The first-order chi connectivity index (χ1) is 12.0. The molecule has 1 N–H and O–H groups in total. The number of amides is 1. The first-order valence-electron chi connectivity index (χ1n) is 8.25. The SMILES string of the molecule is CCOc1cccn2c(C(=O)Nc3ccc(Br)c(C)c3)c(CC)nc12. The number of carbonyl (C=O) groups is 1. The molecular formula is C19H20BrN3O2. The summed E-state index contributed by atoms with van der Waals surface area (Å²) in [6.45, 7) is 6.45. The largest absolute Gasteiger partial charge is 0.490 e. The Hall–Kier alpha value is -2.34. The summed E-state index contributed by atoms with van der Waals surface area (Å²) in [7, 11) is 0. The Morgan fingerprint density at radius 1 is 1.32 bits per heavy atom. The van der Waals surface area contributed by atoms with Crippen LogP contribution in [0.5, 0.6) is 5.75 Å². The monoisotopic (exact) mass is 401 g/mol. The number of rotatable bonds is 5. The maximum Gasteiger partial charge on any atom is 0.274 e. The van der Waals surface area contributed by atoms with Gasteiger partial charge < -0.3 is 10.1 Å². The van der Waals surface area contributed by atoms with Crippen LogP contribution in [0, 0.1) is 6.92 Å². The van der Waals surface area contributed by atoms with Crippen molar-refractivity contribution in [2.75, 3.05) is 11.9 Å². The lowest BCUT2D eigenvalue weighted by Crippen LogP contribution is -2.16. The molecule has 0 atom stereocenters. The van der Waals surface area contributed by atoms with Crippen LogP contribution in [0.15, 0.2) is 41.0 Å². The van der Waals surface area contributed by atoms with Crippen molar-refractivity contribution in [2.45, 2.75) is 27.2 Å². The third kappa shape index (κ3) is 3.39. The van der Waals surface area contributed by atoms with Crippen LogP contribution in [0.1, 0.15) is 35.6 Å². The molecule has 0 fully saturated rings. The number of fused-ring (bicyclic) bond motifs is 1. The van der Waals surface area contributed by atoms with Gasteiger partial charge in [0, 0.05) is 16.4 Å². The van der Waals surface area contributed by atoms with Crippen molar-refractivity contribution in [3.05, 3.63) is 58.0 Å². The Labute approximate surface area is 155 Å².